The van der Waals surface area contributed by atoms with Gasteiger partial charge in [0.2, 0.25) is 11.8 Å². The van der Waals surface area contributed by atoms with Crippen LogP contribution in [0.15, 0.2) is 48.5 Å². The highest BCUT2D eigenvalue weighted by Crippen LogP contribution is 2.39. The second-order valence-electron chi connectivity index (χ2n) is 9.65. The fraction of sp³-hybridized carbons (Fsp3) is 0.444. The molecule has 0 saturated carbocycles. The number of carbonyl (C=O) groups is 3. The van der Waals surface area contributed by atoms with Crippen LogP contribution < -0.4 is 0 Å². The van der Waals surface area contributed by atoms with E-state index in [4.69, 9.17) is 4.74 Å². The minimum Gasteiger partial charge on any atom is -0.370 e. The lowest BCUT2D eigenvalue weighted by molar-refractivity contribution is -0.143. The van der Waals surface area contributed by atoms with E-state index < -0.39 is 46.8 Å². The fourth-order valence-corrected chi connectivity index (χ4v) is 5.61. The first kappa shape index (κ1) is 29.9. The highest BCUT2D eigenvalue weighted by atomic mass is 32.2. The number of piperidine rings is 1. The molecule has 13 heteroatoms. The predicted octanol–water partition coefficient (Wildman–Crippen LogP) is 6.27. The maximum absolute atomic E-state index is 13.4. The molecule has 0 aromatic heterocycles. The number of benzene rings is 2. The van der Waals surface area contributed by atoms with Crippen LogP contribution in [-0.4, -0.2) is 58.3 Å². The van der Waals surface area contributed by atoms with Crippen molar-refractivity contribution >= 4 is 28.8 Å². The Morgan fingerprint density at radius 3 is 2.20 bits per heavy atom. The summed E-state index contributed by atoms with van der Waals surface area (Å²) in [5, 5.41) is -0.399. The monoisotopic (exact) mass is 588 g/mol. The smallest absolute Gasteiger partial charge is 0.370 e. The minimum atomic E-state index is -4.98. The van der Waals surface area contributed by atoms with Crippen LogP contribution in [0.1, 0.15) is 54.0 Å². The van der Waals surface area contributed by atoms with Gasteiger partial charge in [0, 0.05) is 32.0 Å². The lowest BCUT2D eigenvalue weighted by atomic mass is 9.87. The van der Waals surface area contributed by atoms with Crippen LogP contribution in [0.4, 0.5) is 31.1 Å². The number of hydrogen-bond donors (Lipinski definition) is 0. The van der Waals surface area contributed by atoms with Crippen molar-refractivity contribution in [1.82, 2.24) is 9.80 Å². The van der Waals surface area contributed by atoms with Crippen LogP contribution in [0.25, 0.3) is 0 Å². The standard InChI is InChI=1S/C27H26F6N2O4S/c1-16(18-11-19(26(28,29)30)13-20(12-18)27(31,32)33)39-22-7-9-34(14-21(22)17-5-3-2-4-6-17)23(36)8-10-35-24(37)15-40-25(35)38/h2-6,11-13,16,21-22H,7-10,14-15H2,1H3/t16-,21+,22+/m1/s1. The zero-order valence-electron chi connectivity index (χ0n) is 21.3. The quantitative estimate of drug-likeness (QED) is 0.357. The highest BCUT2D eigenvalue weighted by molar-refractivity contribution is 8.14. The van der Waals surface area contributed by atoms with Gasteiger partial charge in [-0.25, -0.2) is 0 Å². The molecule has 2 heterocycles. The molecule has 0 N–H and O–H groups in total. The van der Waals surface area contributed by atoms with Gasteiger partial charge in [0.1, 0.15) is 0 Å². The Balaban J connectivity index is 1.52. The van der Waals surface area contributed by atoms with E-state index in [2.05, 4.69) is 0 Å². The Morgan fingerprint density at radius 1 is 1.02 bits per heavy atom. The van der Waals surface area contributed by atoms with E-state index in [0.717, 1.165) is 22.2 Å². The second-order valence-corrected chi connectivity index (χ2v) is 10.6. The summed E-state index contributed by atoms with van der Waals surface area (Å²) in [5.74, 6) is -1.01. The Kier molecular flexibility index (Phi) is 8.83. The third-order valence-electron chi connectivity index (χ3n) is 6.98. The number of rotatable bonds is 7. The summed E-state index contributed by atoms with van der Waals surface area (Å²) in [6, 6.07) is 10.4. The van der Waals surface area contributed by atoms with Crippen molar-refractivity contribution in [2.75, 3.05) is 25.4 Å². The summed E-state index contributed by atoms with van der Waals surface area (Å²) >= 11 is 0.878. The van der Waals surface area contributed by atoms with Gasteiger partial charge in [0.05, 0.1) is 29.1 Å². The van der Waals surface area contributed by atoms with Gasteiger partial charge in [-0.2, -0.15) is 26.3 Å². The molecule has 0 unspecified atom stereocenters. The molecular formula is C27H26F6N2O4S. The normalized spacial score (nSPS) is 21.2. The number of carbonyl (C=O) groups excluding carboxylic acids is 3. The predicted molar refractivity (Wildman–Crippen MR) is 134 cm³/mol. The summed E-state index contributed by atoms with van der Waals surface area (Å²) in [5.41, 5.74) is -2.30. The molecule has 2 fully saturated rings. The van der Waals surface area contributed by atoms with Crippen LogP contribution in [0.3, 0.4) is 0 Å². The summed E-state index contributed by atoms with van der Waals surface area (Å²) < 4.78 is 86.4. The molecule has 2 saturated heterocycles. The topological polar surface area (TPSA) is 66.9 Å². The minimum absolute atomic E-state index is 0.0376. The lowest BCUT2D eigenvalue weighted by Gasteiger charge is -2.40. The first-order valence-electron chi connectivity index (χ1n) is 12.5. The summed E-state index contributed by atoms with van der Waals surface area (Å²) in [6.45, 7) is 1.78. The number of amides is 3. The number of thioether (sulfide) groups is 1. The Labute approximate surface area is 230 Å². The molecule has 2 aliphatic rings. The molecule has 0 bridgehead atoms. The van der Waals surface area contributed by atoms with Gasteiger partial charge in [0.15, 0.2) is 0 Å². The molecule has 3 amide bonds. The van der Waals surface area contributed by atoms with E-state index in [-0.39, 0.29) is 61.7 Å². The van der Waals surface area contributed by atoms with Crippen molar-refractivity contribution < 1.29 is 45.5 Å². The maximum Gasteiger partial charge on any atom is 0.416 e. The molecule has 2 aromatic rings. The average molecular weight is 589 g/mol. The number of ether oxygens (including phenoxy) is 1. The Bertz CT molecular complexity index is 1210. The van der Waals surface area contributed by atoms with Gasteiger partial charge in [-0.1, -0.05) is 42.1 Å². The Hall–Kier alpha value is -3.06. The number of hydrogen-bond acceptors (Lipinski definition) is 5. The molecule has 40 heavy (non-hydrogen) atoms. The van der Waals surface area contributed by atoms with Gasteiger partial charge >= 0.3 is 12.4 Å². The van der Waals surface area contributed by atoms with Crippen LogP contribution in [-0.2, 0) is 26.7 Å². The molecule has 216 valence electrons. The summed E-state index contributed by atoms with van der Waals surface area (Å²) in [6.07, 6.45) is -11.5. The van der Waals surface area contributed by atoms with Crippen LogP contribution in [0.5, 0.6) is 0 Å². The molecule has 0 radical (unpaired) electrons. The van der Waals surface area contributed by atoms with Crippen LogP contribution in [0, 0.1) is 0 Å². The van der Waals surface area contributed by atoms with Crippen molar-refractivity contribution in [3.05, 3.63) is 70.8 Å². The van der Waals surface area contributed by atoms with E-state index in [1.807, 2.05) is 12.1 Å². The van der Waals surface area contributed by atoms with Crippen molar-refractivity contribution in [2.24, 2.45) is 0 Å². The third-order valence-corrected chi connectivity index (χ3v) is 7.84. The summed E-state index contributed by atoms with van der Waals surface area (Å²) in [4.78, 5) is 39.3. The molecule has 4 rings (SSSR count). The number of likely N-dealkylation sites (tertiary alicyclic amines) is 1. The number of halogens is 6. The zero-order chi connectivity index (χ0) is 29.2. The molecule has 0 aliphatic carbocycles. The van der Waals surface area contributed by atoms with E-state index in [0.29, 0.717) is 12.1 Å². The number of imide groups is 1. The average Bonchev–Trinajstić information content (AvgIpc) is 3.23. The number of alkyl halides is 6. The van der Waals surface area contributed by atoms with E-state index in [9.17, 15) is 40.7 Å². The molecule has 0 spiro atoms. The first-order valence-corrected chi connectivity index (χ1v) is 13.5. The Morgan fingerprint density at radius 2 is 1.65 bits per heavy atom. The van der Waals surface area contributed by atoms with Crippen molar-refractivity contribution in [3.63, 3.8) is 0 Å². The highest BCUT2D eigenvalue weighted by Gasteiger charge is 2.39. The van der Waals surface area contributed by atoms with Crippen LogP contribution in [0.2, 0.25) is 0 Å². The maximum atomic E-state index is 13.4. The third kappa shape index (κ3) is 6.98. The first-order chi connectivity index (χ1) is 18.7. The largest absolute Gasteiger partial charge is 0.416 e. The van der Waals surface area contributed by atoms with Crippen molar-refractivity contribution in [2.45, 2.75) is 50.2 Å². The van der Waals surface area contributed by atoms with Gasteiger partial charge in [-0.3, -0.25) is 19.3 Å². The van der Waals surface area contributed by atoms with Gasteiger partial charge in [0.25, 0.3) is 5.24 Å². The fourth-order valence-electron chi connectivity index (χ4n) is 4.86. The molecular weight excluding hydrogens is 562 g/mol. The van der Waals surface area contributed by atoms with E-state index in [1.165, 1.54) is 6.92 Å². The van der Waals surface area contributed by atoms with Gasteiger partial charge in [-0.15, -0.1) is 0 Å². The molecule has 2 aliphatic heterocycles. The molecule has 2 aromatic carbocycles. The van der Waals surface area contributed by atoms with Gasteiger partial charge < -0.3 is 9.64 Å². The number of nitrogens with zero attached hydrogens (tertiary/aromatic N) is 2. The van der Waals surface area contributed by atoms with Crippen LogP contribution >= 0.6 is 11.8 Å². The summed E-state index contributed by atoms with van der Waals surface area (Å²) in [7, 11) is 0. The van der Waals surface area contributed by atoms with Crippen molar-refractivity contribution in [3.8, 4) is 0 Å². The molecule has 6 nitrogen and oxygen atoms in total. The van der Waals surface area contributed by atoms with E-state index in [1.54, 1.807) is 23.1 Å². The SMILES string of the molecule is C[C@@H](O[C@H]1CCN(C(=O)CCN2C(=O)CSC2=O)C[C@H]1c1ccccc1)c1cc(C(F)(F)F)cc(C(F)(F)F)c1. The second kappa shape index (κ2) is 11.8. The lowest BCUT2D eigenvalue weighted by Crippen LogP contribution is -2.46. The van der Waals surface area contributed by atoms with E-state index >= 15 is 0 Å². The zero-order valence-corrected chi connectivity index (χ0v) is 22.1. The van der Waals surface area contributed by atoms with Crippen molar-refractivity contribution in [1.29, 1.82) is 0 Å². The molecule has 3 atom stereocenters. The van der Waals surface area contributed by atoms with Gasteiger partial charge in [-0.05, 0) is 42.7 Å².